The van der Waals surface area contributed by atoms with Gasteiger partial charge in [-0.3, -0.25) is 4.99 Å². The lowest BCUT2D eigenvalue weighted by Crippen LogP contribution is -2.42. The van der Waals surface area contributed by atoms with Gasteiger partial charge in [0.05, 0.1) is 17.9 Å². The molecule has 0 saturated heterocycles. The van der Waals surface area contributed by atoms with Crippen LogP contribution in [-0.4, -0.2) is 42.0 Å². The van der Waals surface area contributed by atoms with E-state index in [-0.39, 0.29) is 41.6 Å². The molecule has 2 aromatic carbocycles. The van der Waals surface area contributed by atoms with Gasteiger partial charge in [0.25, 0.3) is 0 Å². The van der Waals surface area contributed by atoms with Gasteiger partial charge in [-0.25, -0.2) is 9.07 Å². The molecule has 8 nitrogen and oxygen atoms in total. The Morgan fingerprint density at radius 3 is 2.59 bits per heavy atom. The van der Waals surface area contributed by atoms with Gasteiger partial charge in [-0.2, -0.15) is 10.4 Å². The number of rotatable bonds is 9. The Morgan fingerprint density at radius 2 is 1.91 bits per heavy atom. The van der Waals surface area contributed by atoms with Crippen molar-refractivity contribution >= 4 is 35.8 Å². The molecule has 10 heteroatoms. The standard InChI is InChI=1S/C24H28FN7O.HI/c1-17(33-22-13-7-6-11-20(22)25)16-30-24(28-2)29-14-8-12-21-19(15-26)23(27)32(31-21)18-9-4-3-5-10-18;/h3-7,9-11,13,17H,8,12,14,16,27H2,1-2H3,(H2,28,29,30);1H. The molecular formula is C24H29FIN7O. The molecular weight excluding hydrogens is 548 g/mol. The van der Waals surface area contributed by atoms with Crippen molar-refractivity contribution in [2.75, 3.05) is 25.9 Å². The number of hydrogen-bond acceptors (Lipinski definition) is 5. The molecule has 4 N–H and O–H groups in total. The SMILES string of the molecule is CN=C(NCCCc1nn(-c2ccccc2)c(N)c1C#N)NCC(C)Oc1ccccc1F.I. The fraction of sp³-hybridized carbons (Fsp3) is 0.292. The Bertz CT molecular complexity index is 1130. The van der Waals surface area contributed by atoms with Gasteiger partial charge in [0.15, 0.2) is 17.5 Å². The Morgan fingerprint density at radius 1 is 1.21 bits per heavy atom. The van der Waals surface area contributed by atoms with Gasteiger partial charge < -0.3 is 21.1 Å². The molecule has 3 rings (SSSR count). The largest absolute Gasteiger partial charge is 0.486 e. The fourth-order valence-electron chi connectivity index (χ4n) is 3.26. The maximum Gasteiger partial charge on any atom is 0.191 e. The number of aromatic nitrogens is 2. The van der Waals surface area contributed by atoms with Crippen LogP contribution in [0.1, 0.15) is 24.6 Å². The van der Waals surface area contributed by atoms with Crippen LogP contribution in [0.4, 0.5) is 10.2 Å². The fourth-order valence-corrected chi connectivity index (χ4v) is 3.26. The number of nitrogen functional groups attached to an aromatic ring is 1. The predicted octanol–water partition coefficient (Wildman–Crippen LogP) is 3.65. The van der Waals surface area contributed by atoms with Crippen molar-refractivity contribution in [3.05, 3.63) is 71.7 Å². The van der Waals surface area contributed by atoms with Crippen LogP contribution in [0.5, 0.6) is 5.75 Å². The molecule has 0 amide bonds. The molecule has 1 atom stereocenters. The molecule has 3 aromatic rings. The third-order valence-electron chi connectivity index (χ3n) is 4.93. The average molecular weight is 577 g/mol. The monoisotopic (exact) mass is 577 g/mol. The second-order valence-electron chi connectivity index (χ2n) is 7.41. The van der Waals surface area contributed by atoms with Crippen LogP contribution in [0, 0.1) is 17.1 Å². The van der Waals surface area contributed by atoms with Crippen LogP contribution in [0.25, 0.3) is 5.69 Å². The lowest BCUT2D eigenvalue weighted by Gasteiger charge is -2.18. The van der Waals surface area contributed by atoms with E-state index in [1.165, 1.54) is 6.07 Å². The highest BCUT2D eigenvalue weighted by Crippen LogP contribution is 2.21. The zero-order valence-electron chi connectivity index (χ0n) is 19.2. The number of hydrogen-bond donors (Lipinski definition) is 3. The predicted molar refractivity (Wildman–Crippen MR) is 142 cm³/mol. The molecule has 34 heavy (non-hydrogen) atoms. The minimum Gasteiger partial charge on any atom is -0.486 e. The van der Waals surface area contributed by atoms with E-state index >= 15 is 0 Å². The highest BCUT2D eigenvalue weighted by molar-refractivity contribution is 14.0. The minimum absolute atomic E-state index is 0. The summed E-state index contributed by atoms with van der Waals surface area (Å²) >= 11 is 0. The van der Waals surface area contributed by atoms with E-state index in [0.717, 1.165) is 12.1 Å². The molecule has 0 radical (unpaired) electrons. The Labute approximate surface area is 216 Å². The van der Waals surface area contributed by atoms with Gasteiger partial charge in [0.2, 0.25) is 0 Å². The van der Waals surface area contributed by atoms with Gasteiger partial charge >= 0.3 is 0 Å². The third-order valence-corrected chi connectivity index (χ3v) is 4.93. The zero-order chi connectivity index (χ0) is 23.6. The zero-order valence-corrected chi connectivity index (χ0v) is 21.5. The highest BCUT2D eigenvalue weighted by atomic mass is 127. The normalized spacial score (nSPS) is 11.8. The van der Waals surface area contributed by atoms with E-state index in [1.807, 2.05) is 37.3 Å². The summed E-state index contributed by atoms with van der Waals surface area (Å²) in [5.74, 6) is 0.776. The van der Waals surface area contributed by atoms with Crippen molar-refractivity contribution in [1.82, 2.24) is 20.4 Å². The average Bonchev–Trinajstić information content (AvgIpc) is 3.15. The Hall–Kier alpha value is -3.33. The van der Waals surface area contributed by atoms with Crippen LogP contribution >= 0.6 is 24.0 Å². The first-order chi connectivity index (χ1) is 16.0. The van der Waals surface area contributed by atoms with E-state index in [4.69, 9.17) is 10.5 Å². The van der Waals surface area contributed by atoms with Crippen molar-refractivity contribution < 1.29 is 9.13 Å². The summed E-state index contributed by atoms with van der Waals surface area (Å²) in [4.78, 5) is 4.19. The van der Waals surface area contributed by atoms with Gasteiger partial charge in [-0.15, -0.1) is 24.0 Å². The van der Waals surface area contributed by atoms with Crippen molar-refractivity contribution in [2.45, 2.75) is 25.9 Å². The van der Waals surface area contributed by atoms with E-state index in [0.29, 0.717) is 42.5 Å². The smallest absolute Gasteiger partial charge is 0.191 e. The van der Waals surface area contributed by atoms with E-state index in [1.54, 1.807) is 29.9 Å². The molecule has 0 aliphatic carbocycles. The maximum absolute atomic E-state index is 13.7. The summed E-state index contributed by atoms with van der Waals surface area (Å²) in [5, 5.41) is 20.5. The number of nitrogens with one attached hydrogen (secondary N) is 2. The number of ether oxygens (including phenoxy) is 1. The minimum atomic E-state index is -0.390. The lowest BCUT2D eigenvalue weighted by atomic mass is 10.1. The summed E-state index contributed by atoms with van der Waals surface area (Å²) in [6, 6.07) is 18.0. The maximum atomic E-state index is 13.7. The van der Waals surface area contributed by atoms with Crippen molar-refractivity contribution in [2.24, 2.45) is 4.99 Å². The number of nitrogens with zero attached hydrogens (tertiary/aromatic N) is 4. The van der Waals surface area contributed by atoms with Crippen molar-refractivity contribution in [3.63, 3.8) is 0 Å². The van der Waals surface area contributed by atoms with Crippen LogP contribution < -0.4 is 21.1 Å². The first kappa shape index (κ1) is 26.9. The van der Waals surface area contributed by atoms with Crippen molar-refractivity contribution in [3.8, 4) is 17.5 Å². The second kappa shape index (κ2) is 13.4. The van der Waals surface area contributed by atoms with E-state index in [2.05, 4.69) is 26.8 Å². The molecule has 0 bridgehead atoms. The molecule has 180 valence electrons. The van der Waals surface area contributed by atoms with Crippen LogP contribution in [-0.2, 0) is 6.42 Å². The Kier molecular flexibility index (Phi) is 10.6. The van der Waals surface area contributed by atoms with Gasteiger partial charge in [0.1, 0.15) is 23.6 Å². The van der Waals surface area contributed by atoms with Gasteiger partial charge in [0, 0.05) is 13.6 Å². The first-order valence-corrected chi connectivity index (χ1v) is 10.7. The number of nitriles is 1. The van der Waals surface area contributed by atoms with E-state index < -0.39 is 0 Å². The number of nitrogens with two attached hydrogens (primary N) is 1. The summed E-state index contributed by atoms with van der Waals surface area (Å²) in [5.41, 5.74) is 8.03. The van der Waals surface area contributed by atoms with Gasteiger partial charge in [-0.1, -0.05) is 30.3 Å². The summed E-state index contributed by atoms with van der Waals surface area (Å²) < 4.78 is 20.9. The molecule has 1 aromatic heterocycles. The van der Waals surface area contributed by atoms with Crippen molar-refractivity contribution in [1.29, 1.82) is 5.26 Å². The Balaban J connectivity index is 0.00000408. The second-order valence-corrected chi connectivity index (χ2v) is 7.41. The first-order valence-electron chi connectivity index (χ1n) is 10.7. The molecule has 0 saturated carbocycles. The molecule has 0 aliphatic rings. The molecule has 0 spiro atoms. The number of aryl methyl sites for hydroxylation is 1. The number of para-hydroxylation sites is 2. The van der Waals surface area contributed by atoms with Crippen LogP contribution in [0.2, 0.25) is 0 Å². The topological polar surface area (TPSA) is 113 Å². The van der Waals surface area contributed by atoms with Crippen LogP contribution in [0.3, 0.4) is 0 Å². The van der Waals surface area contributed by atoms with E-state index in [9.17, 15) is 9.65 Å². The molecule has 0 fully saturated rings. The van der Waals surface area contributed by atoms with Gasteiger partial charge in [-0.05, 0) is 44.0 Å². The quantitative estimate of drug-likeness (QED) is 0.155. The number of aliphatic imine (C=N–C) groups is 1. The lowest BCUT2D eigenvalue weighted by molar-refractivity contribution is 0.214. The number of guanidine groups is 1. The summed E-state index contributed by atoms with van der Waals surface area (Å²) in [6.07, 6.45) is 1.05. The van der Waals surface area contributed by atoms with Crippen LogP contribution in [0.15, 0.2) is 59.6 Å². The molecule has 1 heterocycles. The number of halogens is 2. The number of anilines is 1. The highest BCUT2D eigenvalue weighted by Gasteiger charge is 2.16. The number of benzene rings is 2. The third kappa shape index (κ3) is 7.08. The summed E-state index contributed by atoms with van der Waals surface area (Å²) in [6.45, 7) is 2.92. The molecule has 1 unspecified atom stereocenters. The summed E-state index contributed by atoms with van der Waals surface area (Å²) in [7, 11) is 1.67. The molecule has 0 aliphatic heterocycles.